The first-order valence-electron chi connectivity index (χ1n) is 10.3. The van der Waals surface area contributed by atoms with Crippen LogP contribution in [0.1, 0.15) is 22.3 Å². The molecule has 1 heterocycles. The van der Waals surface area contributed by atoms with Crippen molar-refractivity contribution in [3.8, 4) is 11.5 Å². The highest BCUT2D eigenvalue weighted by atomic mass is 35.5. The quantitative estimate of drug-likeness (QED) is 0.264. The molecule has 1 aliphatic heterocycles. The molecule has 0 amide bonds. The molecular weight excluding hydrogens is 454 g/mol. The summed E-state index contributed by atoms with van der Waals surface area (Å²) in [5.41, 5.74) is 3.36. The van der Waals surface area contributed by atoms with Gasteiger partial charge in [-0.2, -0.15) is 0 Å². The number of carbonyl (C=O) groups is 2. The van der Waals surface area contributed by atoms with Crippen LogP contribution in [-0.4, -0.2) is 24.9 Å². The SMILES string of the molecule is COc1cc(/C=C2\N=C(c3cccc(C)c3)OC2=O)ccc1OC(=O)/C=C/c1ccc(Cl)cc1. The van der Waals surface area contributed by atoms with Crippen molar-refractivity contribution in [3.05, 3.63) is 106 Å². The van der Waals surface area contributed by atoms with Crippen molar-refractivity contribution in [2.45, 2.75) is 6.92 Å². The van der Waals surface area contributed by atoms with Gasteiger partial charge in [0.1, 0.15) is 0 Å². The van der Waals surface area contributed by atoms with Crippen LogP contribution in [0.5, 0.6) is 11.5 Å². The molecule has 34 heavy (non-hydrogen) atoms. The van der Waals surface area contributed by atoms with E-state index >= 15 is 0 Å². The van der Waals surface area contributed by atoms with Crippen molar-refractivity contribution < 1.29 is 23.8 Å². The Labute approximate surface area is 201 Å². The van der Waals surface area contributed by atoms with Gasteiger partial charge in [0, 0.05) is 16.7 Å². The number of carbonyl (C=O) groups excluding carboxylic acids is 2. The molecule has 0 unspecified atom stereocenters. The third kappa shape index (κ3) is 5.60. The maximum Gasteiger partial charge on any atom is 0.363 e. The van der Waals surface area contributed by atoms with E-state index in [4.69, 9.17) is 25.8 Å². The van der Waals surface area contributed by atoms with E-state index in [9.17, 15) is 9.59 Å². The highest BCUT2D eigenvalue weighted by Crippen LogP contribution is 2.30. The minimum absolute atomic E-state index is 0.161. The van der Waals surface area contributed by atoms with Gasteiger partial charge in [0.15, 0.2) is 17.2 Å². The predicted molar refractivity (Wildman–Crippen MR) is 131 cm³/mol. The number of benzene rings is 3. The molecule has 0 fully saturated rings. The second-order valence-electron chi connectivity index (χ2n) is 7.42. The van der Waals surface area contributed by atoms with E-state index in [0.29, 0.717) is 16.3 Å². The van der Waals surface area contributed by atoms with E-state index in [2.05, 4.69) is 4.99 Å². The van der Waals surface area contributed by atoms with E-state index in [1.54, 1.807) is 54.6 Å². The fourth-order valence-electron chi connectivity index (χ4n) is 3.21. The third-order valence-corrected chi connectivity index (χ3v) is 5.12. The van der Waals surface area contributed by atoms with Gasteiger partial charge in [0.25, 0.3) is 0 Å². The number of nitrogens with zero attached hydrogens (tertiary/aromatic N) is 1. The fourth-order valence-corrected chi connectivity index (χ4v) is 3.33. The topological polar surface area (TPSA) is 74.2 Å². The summed E-state index contributed by atoms with van der Waals surface area (Å²) in [5.74, 6) is -0.278. The van der Waals surface area contributed by atoms with Crippen molar-refractivity contribution in [1.29, 1.82) is 0 Å². The van der Waals surface area contributed by atoms with Gasteiger partial charge >= 0.3 is 11.9 Å². The van der Waals surface area contributed by atoms with E-state index in [1.807, 2.05) is 31.2 Å². The van der Waals surface area contributed by atoms with Crippen molar-refractivity contribution >= 4 is 41.6 Å². The van der Waals surface area contributed by atoms with Gasteiger partial charge in [-0.1, -0.05) is 47.5 Å². The highest BCUT2D eigenvalue weighted by Gasteiger charge is 2.24. The summed E-state index contributed by atoms with van der Waals surface area (Å²) in [5, 5.41) is 0.613. The lowest BCUT2D eigenvalue weighted by Crippen LogP contribution is -2.05. The standard InChI is InChI=1S/C27H20ClNO5/c1-17-4-3-5-20(14-17)26-29-22(27(31)34-26)15-19-8-12-23(24(16-19)32-2)33-25(30)13-9-18-6-10-21(28)11-7-18/h3-16H,1-2H3/b13-9+,22-15-. The van der Waals surface area contributed by atoms with Gasteiger partial charge in [0.2, 0.25) is 5.90 Å². The van der Waals surface area contributed by atoms with Gasteiger partial charge in [-0.25, -0.2) is 14.6 Å². The number of methoxy groups -OCH3 is 1. The Bertz CT molecular complexity index is 1340. The number of hydrogen-bond donors (Lipinski definition) is 0. The van der Waals surface area contributed by atoms with Crippen LogP contribution in [0.15, 0.2) is 83.5 Å². The molecule has 0 saturated carbocycles. The molecule has 0 aromatic heterocycles. The Balaban J connectivity index is 1.50. The van der Waals surface area contributed by atoms with Gasteiger partial charge in [0.05, 0.1) is 7.11 Å². The van der Waals surface area contributed by atoms with Crippen LogP contribution in [0.25, 0.3) is 12.2 Å². The van der Waals surface area contributed by atoms with Crippen LogP contribution in [-0.2, 0) is 14.3 Å². The van der Waals surface area contributed by atoms with Crippen molar-refractivity contribution in [3.63, 3.8) is 0 Å². The molecule has 0 N–H and O–H groups in total. The lowest BCUT2D eigenvalue weighted by molar-refractivity contribution is -0.130. The monoisotopic (exact) mass is 473 g/mol. The lowest BCUT2D eigenvalue weighted by Gasteiger charge is -2.08. The number of hydrogen-bond acceptors (Lipinski definition) is 6. The first kappa shape index (κ1) is 23.0. The first-order valence-corrected chi connectivity index (χ1v) is 10.7. The minimum atomic E-state index is -0.564. The molecule has 0 bridgehead atoms. The molecular formula is C27H20ClNO5. The van der Waals surface area contributed by atoms with E-state index in [-0.39, 0.29) is 17.3 Å². The Morgan fingerprint density at radius 2 is 1.76 bits per heavy atom. The predicted octanol–water partition coefficient (Wildman–Crippen LogP) is 5.62. The number of ether oxygens (including phenoxy) is 3. The molecule has 6 nitrogen and oxygen atoms in total. The Morgan fingerprint density at radius 3 is 2.50 bits per heavy atom. The van der Waals surface area contributed by atoms with Crippen LogP contribution in [0, 0.1) is 6.92 Å². The minimum Gasteiger partial charge on any atom is -0.493 e. The summed E-state index contributed by atoms with van der Waals surface area (Å²) in [6, 6.07) is 19.5. The summed E-state index contributed by atoms with van der Waals surface area (Å²) in [4.78, 5) is 28.9. The van der Waals surface area contributed by atoms with Crippen molar-refractivity contribution in [2.75, 3.05) is 7.11 Å². The molecule has 1 aliphatic rings. The zero-order valence-corrected chi connectivity index (χ0v) is 19.2. The Hall–Kier alpha value is -4.16. The highest BCUT2D eigenvalue weighted by molar-refractivity contribution is 6.30. The van der Waals surface area contributed by atoms with Crippen molar-refractivity contribution in [1.82, 2.24) is 0 Å². The molecule has 7 heteroatoms. The molecule has 4 rings (SSSR count). The summed E-state index contributed by atoms with van der Waals surface area (Å²) >= 11 is 5.86. The van der Waals surface area contributed by atoms with Gasteiger partial charge in [-0.05, 0) is 66.6 Å². The fraction of sp³-hybridized carbons (Fsp3) is 0.0741. The van der Waals surface area contributed by atoms with Gasteiger partial charge < -0.3 is 14.2 Å². The maximum atomic E-state index is 12.3. The largest absolute Gasteiger partial charge is 0.493 e. The van der Waals surface area contributed by atoms with E-state index in [0.717, 1.165) is 16.7 Å². The molecule has 0 radical (unpaired) electrons. The summed E-state index contributed by atoms with van der Waals surface area (Å²) in [7, 11) is 1.46. The third-order valence-electron chi connectivity index (χ3n) is 4.87. The van der Waals surface area contributed by atoms with Gasteiger partial charge in [-0.15, -0.1) is 0 Å². The number of aryl methyl sites for hydroxylation is 1. The maximum absolute atomic E-state index is 12.3. The summed E-state index contributed by atoms with van der Waals surface area (Å²) < 4.78 is 16.1. The van der Waals surface area contributed by atoms with Crippen LogP contribution < -0.4 is 9.47 Å². The number of aliphatic imine (C=N–C) groups is 1. The second kappa shape index (κ2) is 10.2. The van der Waals surface area contributed by atoms with Gasteiger partial charge in [-0.3, -0.25) is 0 Å². The molecule has 3 aromatic rings. The zero-order chi connectivity index (χ0) is 24.1. The van der Waals surface area contributed by atoms with Crippen LogP contribution >= 0.6 is 11.6 Å². The molecule has 170 valence electrons. The second-order valence-corrected chi connectivity index (χ2v) is 7.86. The lowest BCUT2D eigenvalue weighted by atomic mass is 10.1. The molecule has 0 saturated heterocycles. The molecule has 3 aromatic carbocycles. The molecule has 0 spiro atoms. The summed E-state index contributed by atoms with van der Waals surface area (Å²) in [6.45, 7) is 1.95. The number of rotatable bonds is 6. The summed E-state index contributed by atoms with van der Waals surface area (Å²) in [6.07, 6.45) is 4.52. The first-order chi connectivity index (χ1) is 16.4. The number of esters is 2. The average Bonchev–Trinajstić information content (AvgIpc) is 3.19. The zero-order valence-electron chi connectivity index (χ0n) is 18.4. The molecule has 0 atom stereocenters. The molecule has 0 aliphatic carbocycles. The Kier molecular flexibility index (Phi) is 6.90. The number of halogens is 1. The Morgan fingerprint density at radius 1 is 1.00 bits per heavy atom. The smallest absolute Gasteiger partial charge is 0.363 e. The average molecular weight is 474 g/mol. The van der Waals surface area contributed by atoms with Crippen LogP contribution in [0.4, 0.5) is 0 Å². The van der Waals surface area contributed by atoms with Crippen molar-refractivity contribution in [2.24, 2.45) is 4.99 Å². The normalized spacial score (nSPS) is 14.3. The van der Waals surface area contributed by atoms with E-state index < -0.39 is 11.9 Å². The van der Waals surface area contributed by atoms with E-state index in [1.165, 1.54) is 13.2 Å². The number of cyclic esters (lactones) is 1. The van der Waals surface area contributed by atoms with Crippen LogP contribution in [0.2, 0.25) is 5.02 Å². The van der Waals surface area contributed by atoms with Crippen LogP contribution in [0.3, 0.4) is 0 Å².